The molecule has 1 fully saturated rings. The standard InChI is InChI=1S/C22H28ClN5O2/c1-16-17(13-26(2)24-16)14-28-9-11-30-22(15-28)20-12-18(27(3)25-20)8-10-29-21-7-5-4-6-19(21)23/h4-7,12-13,22H,8-11,14-15H2,1-3H3. The molecule has 0 aliphatic carbocycles. The van der Waals surface area contributed by atoms with E-state index in [4.69, 9.17) is 26.2 Å². The second-order valence-corrected chi connectivity index (χ2v) is 8.13. The van der Waals surface area contributed by atoms with Crippen LogP contribution in [0.2, 0.25) is 5.02 Å². The summed E-state index contributed by atoms with van der Waals surface area (Å²) in [5, 5.41) is 9.78. The van der Waals surface area contributed by atoms with Gasteiger partial charge in [0.2, 0.25) is 0 Å². The van der Waals surface area contributed by atoms with Crippen LogP contribution in [0.3, 0.4) is 0 Å². The predicted octanol–water partition coefficient (Wildman–Crippen LogP) is 3.31. The lowest BCUT2D eigenvalue weighted by Gasteiger charge is -2.31. The number of hydrogen-bond donors (Lipinski definition) is 0. The second-order valence-electron chi connectivity index (χ2n) is 7.72. The van der Waals surface area contributed by atoms with E-state index >= 15 is 0 Å². The first-order valence-corrected chi connectivity index (χ1v) is 10.6. The van der Waals surface area contributed by atoms with Crippen molar-refractivity contribution >= 4 is 11.6 Å². The maximum Gasteiger partial charge on any atom is 0.137 e. The van der Waals surface area contributed by atoms with Gasteiger partial charge in [0.1, 0.15) is 11.9 Å². The zero-order chi connectivity index (χ0) is 21.1. The quantitative estimate of drug-likeness (QED) is 0.576. The van der Waals surface area contributed by atoms with E-state index in [1.165, 1.54) is 5.56 Å². The number of para-hydroxylation sites is 1. The largest absolute Gasteiger partial charge is 0.492 e. The Labute approximate surface area is 182 Å². The fraction of sp³-hybridized carbons (Fsp3) is 0.455. The lowest BCUT2D eigenvalue weighted by molar-refractivity contribution is -0.0352. The molecule has 0 spiro atoms. The molecule has 30 heavy (non-hydrogen) atoms. The number of halogens is 1. The topological polar surface area (TPSA) is 57.3 Å². The highest BCUT2D eigenvalue weighted by Gasteiger charge is 2.25. The van der Waals surface area contributed by atoms with Crippen LogP contribution in [0.15, 0.2) is 36.5 Å². The van der Waals surface area contributed by atoms with Crippen LogP contribution >= 0.6 is 11.6 Å². The minimum atomic E-state index is -0.0276. The summed E-state index contributed by atoms with van der Waals surface area (Å²) in [6.45, 7) is 5.91. The van der Waals surface area contributed by atoms with Crippen molar-refractivity contribution in [2.24, 2.45) is 14.1 Å². The minimum Gasteiger partial charge on any atom is -0.492 e. The van der Waals surface area contributed by atoms with Gasteiger partial charge in [0.05, 0.1) is 29.6 Å². The number of aromatic nitrogens is 4. The summed E-state index contributed by atoms with van der Waals surface area (Å²) in [4.78, 5) is 2.41. The third-order valence-electron chi connectivity index (χ3n) is 5.44. The molecule has 7 nitrogen and oxygen atoms in total. The smallest absolute Gasteiger partial charge is 0.137 e. The summed E-state index contributed by atoms with van der Waals surface area (Å²) in [5.74, 6) is 0.707. The number of rotatable bonds is 7. The maximum absolute atomic E-state index is 6.16. The molecule has 3 aromatic rings. The van der Waals surface area contributed by atoms with Gasteiger partial charge in [-0.3, -0.25) is 14.3 Å². The number of morpholine rings is 1. The Kier molecular flexibility index (Phi) is 6.41. The summed E-state index contributed by atoms with van der Waals surface area (Å²) in [5.41, 5.74) is 4.43. The Morgan fingerprint density at radius 3 is 2.83 bits per heavy atom. The molecule has 4 rings (SSSR count). The van der Waals surface area contributed by atoms with Crippen LogP contribution in [0.5, 0.6) is 5.75 Å². The molecule has 1 aliphatic heterocycles. The van der Waals surface area contributed by atoms with Gasteiger partial charge in [0, 0.05) is 57.6 Å². The van der Waals surface area contributed by atoms with Gasteiger partial charge in [-0.1, -0.05) is 23.7 Å². The van der Waals surface area contributed by atoms with Crippen molar-refractivity contribution in [3.8, 4) is 5.75 Å². The SMILES string of the molecule is Cc1nn(C)cc1CN1CCOC(c2cc(CCOc3ccccc3Cl)n(C)n2)C1. The van der Waals surface area contributed by atoms with Crippen LogP contribution in [-0.4, -0.2) is 50.8 Å². The predicted molar refractivity (Wildman–Crippen MR) is 116 cm³/mol. The Bertz CT molecular complexity index is 999. The summed E-state index contributed by atoms with van der Waals surface area (Å²) in [6.07, 6.45) is 2.82. The number of hydrogen-bond acceptors (Lipinski definition) is 5. The average molecular weight is 430 g/mol. The lowest BCUT2D eigenvalue weighted by atomic mass is 10.1. The summed E-state index contributed by atoms with van der Waals surface area (Å²) in [6, 6.07) is 9.65. The third kappa shape index (κ3) is 4.86. The van der Waals surface area contributed by atoms with Gasteiger partial charge >= 0.3 is 0 Å². The molecule has 2 aromatic heterocycles. The first-order valence-electron chi connectivity index (χ1n) is 10.2. The number of ether oxygens (including phenoxy) is 2. The zero-order valence-electron chi connectivity index (χ0n) is 17.7. The maximum atomic E-state index is 6.16. The second kappa shape index (κ2) is 9.20. The van der Waals surface area contributed by atoms with Gasteiger partial charge in [-0.15, -0.1) is 0 Å². The highest BCUT2D eigenvalue weighted by atomic mass is 35.5. The molecule has 8 heteroatoms. The van der Waals surface area contributed by atoms with Crippen LogP contribution in [0, 0.1) is 6.92 Å². The van der Waals surface area contributed by atoms with Gasteiger partial charge in [0.15, 0.2) is 0 Å². The molecule has 1 aliphatic rings. The van der Waals surface area contributed by atoms with E-state index in [-0.39, 0.29) is 6.10 Å². The van der Waals surface area contributed by atoms with E-state index in [0.717, 1.165) is 43.1 Å². The average Bonchev–Trinajstić information content (AvgIpc) is 3.25. The van der Waals surface area contributed by atoms with E-state index < -0.39 is 0 Å². The molecule has 1 unspecified atom stereocenters. The Morgan fingerprint density at radius 1 is 1.23 bits per heavy atom. The highest BCUT2D eigenvalue weighted by Crippen LogP contribution is 2.25. The molecular weight excluding hydrogens is 402 g/mol. The zero-order valence-corrected chi connectivity index (χ0v) is 18.5. The van der Waals surface area contributed by atoms with E-state index in [1.54, 1.807) is 0 Å². The van der Waals surface area contributed by atoms with Crippen molar-refractivity contribution in [3.63, 3.8) is 0 Å². The molecule has 0 amide bonds. The first-order chi connectivity index (χ1) is 14.5. The third-order valence-corrected chi connectivity index (χ3v) is 5.75. The van der Waals surface area contributed by atoms with Gasteiger partial charge < -0.3 is 9.47 Å². The van der Waals surface area contributed by atoms with Crippen LogP contribution in [0.1, 0.15) is 28.7 Å². The Morgan fingerprint density at radius 2 is 2.07 bits per heavy atom. The van der Waals surface area contributed by atoms with Crippen LogP contribution in [0.4, 0.5) is 0 Å². The van der Waals surface area contributed by atoms with E-state index in [9.17, 15) is 0 Å². The monoisotopic (exact) mass is 429 g/mol. The fourth-order valence-electron chi connectivity index (χ4n) is 3.82. The fourth-order valence-corrected chi connectivity index (χ4v) is 4.01. The van der Waals surface area contributed by atoms with Crippen molar-refractivity contribution in [2.45, 2.75) is 26.0 Å². The van der Waals surface area contributed by atoms with Crippen molar-refractivity contribution in [1.82, 2.24) is 24.5 Å². The number of benzene rings is 1. The van der Waals surface area contributed by atoms with Crippen LogP contribution < -0.4 is 4.74 Å². The molecule has 1 atom stereocenters. The molecule has 160 valence electrons. The highest BCUT2D eigenvalue weighted by molar-refractivity contribution is 6.32. The summed E-state index contributed by atoms with van der Waals surface area (Å²) < 4.78 is 15.7. The molecule has 0 bridgehead atoms. The summed E-state index contributed by atoms with van der Waals surface area (Å²) >= 11 is 6.16. The van der Waals surface area contributed by atoms with Gasteiger partial charge in [-0.25, -0.2) is 0 Å². The molecule has 0 saturated carbocycles. The Hall–Kier alpha value is -2.35. The molecule has 1 aromatic carbocycles. The molecule has 0 N–H and O–H groups in total. The number of aryl methyl sites for hydroxylation is 3. The molecule has 0 radical (unpaired) electrons. The van der Waals surface area contributed by atoms with Gasteiger partial charge in [-0.2, -0.15) is 10.2 Å². The normalized spacial score (nSPS) is 17.4. The van der Waals surface area contributed by atoms with Crippen molar-refractivity contribution < 1.29 is 9.47 Å². The van der Waals surface area contributed by atoms with Crippen molar-refractivity contribution in [1.29, 1.82) is 0 Å². The lowest BCUT2D eigenvalue weighted by Crippen LogP contribution is -2.38. The van der Waals surface area contributed by atoms with E-state index in [1.807, 2.05) is 47.7 Å². The molecule has 1 saturated heterocycles. The van der Waals surface area contributed by atoms with Gasteiger partial charge in [-0.05, 0) is 25.1 Å². The van der Waals surface area contributed by atoms with Gasteiger partial charge in [0.25, 0.3) is 0 Å². The van der Waals surface area contributed by atoms with Crippen molar-refractivity contribution in [3.05, 3.63) is 64.2 Å². The Balaban J connectivity index is 1.36. The minimum absolute atomic E-state index is 0.0276. The first kappa shape index (κ1) is 20.9. The van der Waals surface area contributed by atoms with Crippen molar-refractivity contribution in [2.75, 3.05) is 26.3 Å². The van der Waals surface area contributed by atoms with Crippen LogP contribution in [0.25, 0.3) is 0 Å². The van der Waals surface area contributed by atoms with E-state index in [0.29, 0.717) is 24.0 Å². The van der Waals surface area contributed by atoms with E-state index in [2.05, 4.69) is 29.2 Å². The number of nitrogens with zero attached hydrogens (tertiary/aromatic N) is 5. The molecular formula is C22H28ClN5O2. The summed E-state index contributed by atoms with van der Waals surface area (Å²) in [7, 11) is 3.93. The molecule has 3 heterocycles. The van der Waals surface area contributed by atoms with Crippen LogP contribution in [-0.2, 0) is 31.8 Å².